The van der Waals surface area contributed by atoms with Crippen LogP contribution in [0.2, 0.25) is 0 Å². The van der Waals surface area contributed by atoms with Crippen molar-refractivity contribution in [3.63, 3.8) is 0 Å². The molecule has 0 aromatic carbocycles. The molecule has 0 heterocycles. The van der Waals surface area contributed by atoms with Crippen molar-refractivity contribution in [3.8, 4) is 0 Å². The molecule has 0 atom stereocenters. The lowest BCUT2D eigenvalue weighted by molar-refractivity contribution is -0.135. The minimum Gasteiger partial charge on any atom is -0.461 e. The van der Waals surface area contributed by atoms with Crippen LogP contribution in [0.5, 0.6) is 0 Å². The minimum atomic E-state index is -0.545. The largest absolute Gasteiger partial charge is 0.461 e. The van der Waals surface area contributed by atoms with Crippen LogP contribution in [0.15, 0.2) is 0 Å². The van der Waals surface area contributed by atoms with Gasteiger partial charge in [0.1, 0.15) is 6.21 Å². The molecule has 0 amide bonds. The molecule has 0 aromatic rings. The van der Waals surface area contributed by atoms with Gasteiger partial charge >= 0.3 is 5.97 Å². The SMILES string of the molecule is CCCCCOC(=O)C=N. The van der Waals surface area contributed by atoms with Gasteiger partial charge in [0.25, 0.3) is 0 Å². The van der Waals surface area contributed by atoms with Gasteiger partial charge in [0.2, 0.25) is 0 Å². The Labute approximate surface area is 60.9 Å². The number of hydrogen-bond acceptors (Lipinski definition) is 3. The van der Waals surface area contributed by atoms with E-state index in [4.69, 9.17) is 5.41 Å². The summed E-state index contributed by atoms with van der Waals surface area (Å²) in [5.41, 5.74) is 0. The third-order valence-corrected chi connectivity index (χ3v) is 1.11. The summed E-state index contributed by atoms with van der Waals surface area (Å²) >= 11 is 0. The molecule has 0 aliphatic rings. The maximum Gasteiger partial charge on any atom is 0.348 e. The lowest BCUT2D eigenvalue weighted by Crippen LogP contribution is -2.05. The van der Waals surface area contributed by atoms with Gasteiger partial charge in [-0.3, -0.25) is 0 Å². The van der Waals surface area contributed by atoms with E-state index in [-0.39, 0.29) is 0 Å². The molecular formula is C7H13NO2. The van der Waals surface area contributed by atoms with Crippen molar-refractivity contribution < 1.29 is 9.53 Å². The Hall–Kier alpha value is -0.860. The van der Waals surface area contributed by atoms with E-state index >= 15 is 0 Å². The Morgan fingerprint density at radius 2 is 2.30 bits per heavy atom. The lowest BCUT2D eigenvalue weighted by atomic mass is 10.3. The highest BCUT2D eigenvalue weighted by Gasteiger charge is 1.93. The van der Waals surface area contributed by atoms with Crippen LogP contribution in [0, 0.1) is 5.41 Å². The molecule has 0 radical (unpaired) electrons. The molecule has 0 unspecified atom stereocenters. The Bertz CT molecular complexity index is 112. The summed E-state index contributed by atoms with van der Waals surface area (Å²) in [6.45, 7) is 2.53. The Morgan fingerprint density at radius 1 is 1.60 bits per heavy atom. The predicted molar refractivity (Wildman–Crippen MR) is 39.3 cm³/mol. The van der Waals surface area contributed by atoms with E-state index in [1.54, 1.807) is 0 Å². The van der Waals surface area contributed by atoms with Gasteiger partial charge < -0.3 is 10.1 Å². The summed E-state index contributed by atoms with van der Waals surface area (Å²) in [6.07, 6.45) is 3.77. The van der Waals surface area contributed by atoms with Crippen molar-refractivity contribution in [1.29, 1.82) is 5.41 Å². The van der Waals surface area contributed by atoms with E-state index in [1.165, 1.54) is 0 Å². The Morgan fingerprint density at radius 3 is 2.80 bits per heavy atom. The number of esters is 1. The molecule has 0 fully saturated rings. The average molecular weight is 143 g/mol. The summed E-state index contributed by atoms with van der Waals surface area (Å²) < 4.78 is 4.61. The molecule has 0 spiro atoms. The van der Waals surface area contributed by atoms with E-state index < -0.39 is 5.97 Å². The fourth-order valence-electron chi connectivity index (χ4n) is 0.566. The number of unbranched alkanes of at least 4 members (excludes halogenated alkanes) is 2. The molecule has 0 rings (SSSR count). The Balaban J connectivity index is 3.03. The normalized spacial score (nSPS) is 8.90. The highest BCUT2D eigenvalue weighted by Crippen LogP contribution is 1.93. The van der Waals surface area contributed by atoms with E-state index in [0.29, 0.717) is 12.8 Å². The number of hydrogen-bond donors (Lipinski definition) is 1. The smallest absolute Gasteiger partial charge is 0.348 e. The highest BCUT2D eigenvalue weighted by molar-refractivity contribution is 6.21. The van der Waals surface area contributed by atoms with Gasteiger partial charge in [0.05, 0.1) is 6.61 Å². The van der Waals surface area contributed by atoms with Gasteiger partial charge in [-0.25, -0.2) is 4.79 Å². The van der Waals surface area contributed by atoms with Crippen LogP contribution in [0.3, 0.4) is 0 Å². The first-order valence-electron chi connectivity index (χ1n) is 3.48. The second-order valence-corrected chi connectivity index (χ2v) is 2.02. The van der Waals surface area contributed by atoms with Crippen molar-refractivity contribution in [2.24, 2.45) is 0 Å². The fraction of sp³-hybridized carbons (Fsp3) is 0.714. The number of rotatable bonds is 5. The third-order valence-electron chi connectivity index (χ3n) is 1.11. The summed E-state index contributed by atoms with van der Waals surface area (Å²) in [4.78, 5) is 10.3. The molecule has 3 heteroatoms. The minimum absolute atomic E-state index is 0.446. The molecule has 0 aliphatic heterocycles. The van der Waals surface area contributed by atoms with Gasteiger partial charge in [-0.05, 0) is 6.42 Å². The first-order valence-corrected chi connectivity index (χ1v) is 3.48. The topological polar surface area (TPSA) is 50.2 Å². The molecule has 0 bridgehead atoms. The number of ether oxygens (including phenoxy) is 1. The van der Waals surface area contributed by atoms with Crippen molar-refractivity contribution in [2.75, 3.05) is 6.61 Å². The van der Waals surface area contributed by atoms with Crippen LogP contribution in [-0.2, 0) is 9.53 Å². The molecule has 0 aliphatic carbocycles. The van der Waals surface area contributed by atoms with Crippen molar-refractivity contribution in [3.05, 3.63) is 0 Å². The van der Waals surface area contributed by atoms with Crippen molar-refractivity contribution >= 4 is 12.2 Å². The van der Waals surface area contributed by atoms with Crippen molar-refractivity contribution in [2.45, 2.75) is 26.2 Å². The van der Waals surface area contributed by atoms with Crippen LogP contribution in [0.4, 0.5) is 0 Å². The summed E-state index contributed by atoms with van der Waals surface area (Å²) in [5.74, 6) is -0.545. The molecule has 0 aromatic heterocycles. The van der Waals surface area contributed by atoms with E-state index in [0.717, 1.165) is 19.3 Å². The van der Waals surface area contributed by atoms with Crippen LogP contribution in [0.1, 0.15) is 26.2 Å². The second kappa shape index (κ2) is 6.26. The summed E-state index contributed by atoms with van der Waals surface area (Å²) in [5, 5.41) is 6.49. The van der Waals surface area contributed by atoms with E-state index in [2.05, 4.69) is 11.7 Å². The Kier molecular flexibility index (Phi) is 5.72. The lowest BCUT2D eigenvalue weighted by Gasteiger charge is -1.98. The molecule has 0 saturated heterocycles. The zero-order chi connectivity index (χ0) is 7.82. The zero-order valence-corrected chi connectivity index (χ0v) is 6.22. The third kappa shape index (κ3) is 5.28. The van der Waals surface area contributed by atoms with Gasteiger partial charge in [0.15, 0.2) is 0 Å². The van der Waals surface area contributed by atoms with E-state index in [9.17, 15) is 4.79 Å². The van der Waals surface area contributed by atoms with Gasteiger partial charge in [-0.1, -0.05) is 19.8 Å². The van der Waals surface area contributed by atoms with Crippen LogP contribution in [0.25, 0.3) is 0 Å². The molecule has 0 saturated carbocycles. The maximum atomic E-state index is 10.3. The summed E-state index contributed by atoms with van der Waals surface area (Å²) in [7, 11) is 0. The van der Waals surface area contributed by atoms with Crippen molar-refractivity contribution in [1.82, 2.24) is 0 Å². The second-order valence-electron chi connectivity index (χ2n) is 2.02. The molecular weight excluding hydrogens is 130 g/mol. The van der Waals surface area contributed by atoms with Gasteiger partial charge in [-0.2, -0.15) is 0 Å². The molecule has 10 heavy (non-hydrogen) atoms. The van der Waals surface area contributed by atoms with Gasteiger partial charge in [0, 0.05) is 0 Å². The first-order chi connectivity index (χ1) is 4.81. The number of carbonyl (C=O) groups is 1. The highest BCUT2D eigenvalue weighted by atomic mass is 16.5. The average Bonchev–Trinajstić information content (AvgIpc) is 1.98. The van der Waals surface area contributed by atoms with Crippen LogP contribution < -0.4 is 0 Å². The van der Waals surface area contributed by atoms with Crippen LogP contribution >= 0.6 is 0 Å². The fourth-order valence-corrected chi connectivity index (χ4v) is 0.566. The monoisotopic (exact) mass is 143 g/mol. The zero-order valence-electron chi connectivity index (χ0n) is 6.22. The first kappa shape index (κ1) is 9.14. The van der Waals surface area contributed by atoms with Crippen LogP contribution in [-0.4, -0.2) is 18.8 Å². The standard InChI is InChI=1S/C7H13NO2/c1-2-3-4-5-10-7(9)6-8/h6,8H,2-5H2,1H3. The molecule has 1 N–H and O–H groups in total. The summed E-state index contributed by atoms with van der Waals surface area (Å²) in [6, 6.07) is 0. The predicted octanol–water partition coefficient (Wildman–Crippen LogP) is 1.37. The molecule has 58 valence electrons. The quantitative estimate of drug-likeness (QED) is 0.359. The maximum absolute atomic E-state index is 10.3. The molecule has 3 nitrogen and oxygen atoms in total. The number of carbonyl (C=O) groups excluding carboxylic acids is 1. The van der Waals surface area contributed by atoms with Gasteiger partial charge in [-0.15, -0.1) is 0 Å². The number of nitrogens with one attached hydrogen (secondary N) is 1. The van der Waals surface area contributed by atoms with E-state index in [1.807, 2.05) is 0 Å².